The zero-order chi connectivity index (χ0) is 15.6. The van der Waals surface area contributed by atoms with Gasteiger partial charge >= 0.3 is 5.97 Å². The second kappa shape index (κ2) is 6.04. The minimum absolute atomic E-state index is 0.324. The Hall–Kier alpha value is -2.23. The Morgan fingerprint density at radius 2 is 2.10 bits per heavy atom. The zero-order valence-corrected chi connectivity index (χ0v) is 13.3. The highest BCUT2D eigenvalue weighted by Crippen LogP contribution is 2.27. The first-order chi connectivity index (χ1) is 9.93. The fourth-order valence-corrected chi connectivity index (χ4v) is 2.46. The molecule has 0 unspecified atom stereocenters. The van der Waals surface area contributed by atoms with Crippen LogP contribution in [0.3, 0.4) is 0 Å². The van der Waals surface area contributed by atoms with E-state index in [9.17, 15) is 4.79 Å². The maximum absolute atomic E-state index is 11.4. The number of carbonyl (C=O) groups is 1. The van der Waals surface area contributed by atoms with Crippen LogP contribution in [0, 0.1) is 13.8 Å². The first-order valence-corrected chi connectivity index (χ1v) is 7.11. The van der Waals surface area contributed by atoms with Crippen molar-refractivity contribution in [3.05, 3.63) is 41.2 Å². The zero-order valence-electron chi connectivity index (χ0n) is 13.3. The van der Waals surface area contributed by atoms with Crippen molar-refractivity contribution in [2.75, 3.05) is 11.9 Å². The van der Waals surface area contributed by atoms with Gasteiger partial charge in [-0.05, 0) is 51.5 Å². The number of hydrogen-bond donors (Lipinski definition) is 1. The molecule has 0 aliphatic rings. The number of aryl methyl sites for hydroxylation is 2. The number of nitrogens with zero attached hydrogens (tertiary/aromatic N) is 1. The monoisotopic (exact) mass is 286 g/mol. The fraction of sp³-hybridized carbons (Fsp3) is 0.353. The number of aromatic nitrogens is 1. The van der Waals surface area contributed by atoms with E-state index in [1.165, 1.54) is 28.2 Å². The van der Waals surface area contributed by atoms with Crippen molar-refractivity contribution in [1.29, 1.82) is 0 Å². The SMILES string of the molecule is CCOC(=O)C=C(C)Nc1ccc2c(c1)c(C)c(C)n2C. The highest BCUT2D eigenvalue weighted by Gasteiger charge is 2.08. The first-order valence-electron chi connectivity index (χ1n) is 7.11. The summed E-state index contributed by atoms with van der Waals surface area (Å²) < 4.78 is 7.09. The van der Waals surface area contributed by atoms with Crippen molar-refractivity contribution in [1.82, 2.24) is 4.57 Å². The van der Waals surface area contributed by atoms with Crippen LogP contribution in [0.2, 0.25) is 0 Å². The van der Waals surface area contributed by atoms with E-state index in [0.717, 1.165) is 11.4 Å². The summed E-state index contributed by atoms with van der Waals surface area (Å²) in [7, 11) is 2.07. The Morgan fingerprint density at radius 1 is 1.38 bits per heavy atom. The van der Waals surface area contributed by atoms with Crippen LogP contribution in [-0.4, -0.2) is 17.1 Å². The Kier molecular flexibility index (Phi) is 4.36. The molecule has 4 heteroatoms. The fourth-order valence-electron chi connectivity index (χ4n) is 2.46. The molecule has 0 saturated heterocycles. The van der Waals surface area contributed by atoms with E-state index in [4.69, 9.17) is 4.74 Å². The quantitative estimate of drug-likeness (QED) is 0.689. The third-order valence-corrected chi connectivity index (χ3v) is 3.77. The number of hydrogen-bond acceptors (Lipinski definition) is 3. The van der Waals surface area contributed by atoms with Crippen molar-refractivity contribution in [3.8, 4) is 0 Å². The van der Waals surface area contributed by atoms with Gasteiger partial charge in [0, 0.05) is 41.1 Å². The van der Waals surface area contributed by atoms with Gasteiger partial charge in [0.15, 0.2) is 0 Å². The van der Waals surface area contributed by atoms with Gasteiger partial charge in [0.1, 0.15) is 0 Å². The third-order valence-electron chi connectivity index (χ3n) is 3.77. The molecule has 2 rings (SSSR count). The van der Waals surface area contributed by atoms with Crippen LogP contribution in [0.25, 0.3) is 10.9 Å². The molecule has 0 amide bonds. The summed E-state index contributed by atoms with van der Waals surface area (Å²) in [5, 5.41) is 4.46. The Balaban J connectivity index is 2.28. The van der Waals surface area contributed by atoms with Gasteiger partial charge < -0.3 is 14.6 Å². The lowest BCUT2D eigenvalue weighted by Gasteiger charge is -2.07. The average Bonchev–Trinajstić information content (AvgIpc) is 2.64. The summed E-state index contributed by atoms with van der Waals surface area (Å²) >= 11 is 0. The maximum atomic E-state index is 11.4. The molecule has 21 heavy (non-hydrogen) atoms. The van der Waals surface area contributed by atoms with Crippen molar-refractivity contribution in [2.24, 2.45) is 7.05 Å². The van der Waals surface area contributed by atoms with E-state index in [1.807, 2.05) is 13.0 Å². The lowest BCUT2D eigenvalue weighted by Crippen LogP contribution is -2.04. The van der Waals surface area contributed by atoms with Gasteiger partial charge in [-0.3, -0.25) is 0 Å². The molecule has 0 spiro atoms. The Labute approximate surface area is 125 Å². The molecule has 4 nitrogen and oxygen atoms in total. The molecule has 112 valence electrons. The van der Waals surface area contributed by atoms with Crippen LogP contribution in [-0.2, 0) is 16.6 Å². The Morgan fingerprint density at radius 3 is 2.76 bits per heavy atom. The summed E-state index contributed by atoms with van der Waals surface area (Å²) in [6.45, 7) is 8.28. The van der Waals surface area contributed by atoms with Crippen molar-refractivity contribution < 1.29 is 9.53 Å². The van der Waals surface area contributed by atoms with Gasteiger partial charge in [0.05, 0.1) is 6.61 Å². The van der Waals surface area contributed by atoms with Gasteiger partial charge in [0.25, 0.3) is 0 Å². The lowest BCUT2D eigenvalue weighted by atomic mass is 10.1. The molecule has 2 aromatic rings. The van der Waals surface area contributed by atoms with E-state index < -0.39 is 0 Å². The van der Waals surface area contributed by atoms with E-state index in [2.05, 4.69) is 42.9 Å². The molecule has 0 fully saturated rings. The van der Waals surface area contributed by atoms with Crippen LogP contribution in [0.4, 0.5) is 5.69 Å². The topological polar surface area (TPSA) is 43.3 Å². The van der Waals surface area contributed by atoms with Gasteiger partial charge in [-0.15, -0.1) is 0 Å². The second-order valence-corrected chi connectivity index (χ2v) is 5.21. The minimum atomic E-state index is -0.324. The van der Waals surface area contributed by atoms with E-state index in [0.29, 0.717) is 6.61 Å². The number of nitrogens with one attached hydrogen (secondary N) is 1. The first kappa shape index (κ1) is 15.2. The average molecular weight is 286 g/mol. The minimum Gasteiger partial charge on any atom is -0.463 e. The summed E-state index contributed by atoms with van der Waals surface area (Å²) in [6.07, 6.45) is 1.47. The molecule has 0 bridgehead atoms. The Bertz CT molecular complexity index is 711. The van der Waals surface area contributed by atoms with Gasteiger partial charge in [-0.2, -0.15) is 0 Å². The van der Waals surface area contributed by atoms with Crippen LogP contribution in [0.5, 0.6) is 0 Å². The number of allylic oxidation sites excluding steroid dienone is 1. The van der Waals surface area contributed by atoms with Crippen LogP contribution >= 0.6 is 0 Å². The summed E-state index contributed by atoms with van der Waals surface area (Å²) in [4.78, 5) is 11.4. The molecule has 0 radical (unpaired) electrons. The summed E-state index contributed by atoms with van der Waals surface area (Å²) in [5.74, 6) is -0.324. The largest absolute Gasteiger partial charge is 0.463 e. The summed E-state index contributed by atoms with van der Waals surface area (Å²) in [5.41, 5.74) is 5.49. The lowest BCUT2D eigenvalue weighted by molar-refractivity contribution is -0.137. The smallest absolute Gasteiger partial charge is 0.332 e. The predicted octanol–water partition coefficient (Wildman–Crippen LogP) is 3.67. The van der Waals surface area contributed by atoms with E-state index >= 15 is 0 Å². The van der Waals surface area contributed by atoms with Crippen molar-refractivity contribution in [3.63, 3.8) is 0 Å². The van der Waals surface area contributed by atoms with Crippen molar-refractivity contribution in [2.45, 2.75) is 27.7 Å². The molecule has 1 N–H and O–H groups in total. The molecule has 0 aliphatic carbocycles. The highest BCUT2D eigenvalue weighted by atomic mass is 16.5. The van der Waals surface area contributed by atoms with Gasteiger partial charge in [0.2, 0.25) is 0 Å². The molecule has 1 aromatic carbocycles. The molecule has 0 saturated carbocycles. The molecule has 0 aliphatic heterocycles. The van der Waals surface area contributed by atoms with Gasteiger partial charge in [-0.25, -0.2) is 4.79 Å². The number of esters is 1. The van der Waals surface area contributed by atoms with Gasteiger partial charge in [-0.1, -0.05) is 0 Å². The maximum Gasteiger partial charge on any atom is 0.332 e. The van der Waals surface area contributed by atoms with Crippen LogP contribution < -0.4 is 5.32 Å². The number of anilines is 1. The number of carbonyl (C=O) groups excluding carboxylic acids is 1. The number of fused-ring (bicyclic) bond motifs is 1. The molecular weight excluding hydrogens is 264 g/mol. The molecule has 1 heterocycles. The van der Waals surface area contributed by atoms with Crippen LogP contribution in [0.1, 0.15) is 25.1 Å². The molecule has 1 aromatic heterocycles. The van der Waals surface area contributed by atoms with Crippen LogP contribution in [0.15, 0.2) is 30.0 Å². The normalized spacial score (nSPS) is 11.8. The predicted molar refractivity (Wildman–Crippen MR) is 86.4 cm³/mol. The second-order valence-electron chi connectivity index (χ2n) is 5.21. The standard InChI is InChI=1S/C17H22N2O2/c1-6-21-17(20)9-11(2)18-14-7-8-16-15(10-14)12(3)13(4)19(16)5/h7-10,18H,6H2,1-5H3. The number of ether oxygens (including phenoxy) is 1. The number of benzene rings is 1. The molecule has 0 atom stereocenters. The van der Waals surface area contributed by atoms with Crippen molar-refractivity contribution >= 4 is 22.6 Å². The van der Waals surface area contributed by atoms with E-state index in [-0.39, 0.29) is 5.97 Å². The highest BCUT2D eigenvalue weighted by molar-refractivity contribution is 5.89. The number of rotatable bonds is 4. The molecular formula is C17H22N2O2. The third kappa shape index (κ3) is 3.10. The summed E-state index contributed by atoms with van der Waals surface area (Å²) in [6, 6.07) is 6.22. The van der Waals surface area contributed by atoms with E-state index in [1.54, 1.807) is 6.92 Å².